The summed E-state index contributed by atoms with van der Waals surface area (Å²) in [6, 6.07) is 14.0. The topological polar surface area (TPSA) is 48.4 Å². The van der Waals surface area contributed by atoms with Crippen molar-refractivity contribution in [3.63, 3.8) is 0 Å². The molecule has 2 aromatic carbocycles. The molecular formula is C26H22F3NO3. The number of benzene rings is 2. The van der Waals surface area contributed by atoms with Gasteiger partial charge in [-0.05, 0) is 67.7 Å². The van der Waals surface area contributed by atoms with Gasteiger partial charge in [-0.25, -0.2) is 22.9 Å². The van der Waals surface area contributed by atoms with Crippen molar-refractivity contribution in [3.8, 4) is 5.75 Å². The van der Waals surface area contributed by atoms with Gasteiger partial charge in [0, 0.05) is 5.56 Å². The van der Waals surface area contributed by atoms with Crippen molar-refractivity contribution in [3.05, 3.63) is 94.6 Å². The molecule has 0 aliphatic heterocycles. The molecule has 0 spiro atoms. The molecule has 0 saturated heterocycles. The molecule has 0 N–H and O–H groups in total. The average molecular weight is 453 g/mol. The Morgan fingerprint density at radius 3 is 2.52 bits per heavy atom. The SMILES string of the molecule is CCOC(=O)c1cccc(C2=C(c3ccccc3OCc3c(F)ccc(F)c3F)CCC2)n1. The number of pyridine rings is 1. The van der Waals surface area contributed by atoms with Crippen LogP contribution in [0.25, 0.3) is 11.1 Å². The van der Waals surface area contributed by atoms with Gasteiger partial charge in [0.15, 0.2) is 11.6 Å². The van der Waals surface area contributed by atoms with E-state index in [1.165, 1.54) is 0 Å². The standard InChI is InChI=1S/C26H22F3NO3/c1-2-32-26(31)23-11-6-10-22(30-23)17-9-5-8-16(17)18-7-3-4-12-24(18)33-15-19-20(27)13-14-21(28)25(19)29/h3-4,6-7,10-14H,2,5,8-9,15H2,1H3. The molecule has 7 heteroatoms. The number of para-hydroxylation sites is 1. The number of ether oxygens (including phenoxy) is 2. The lowest BCUT2D eigenvalue weighted by atomic mass is 9.99. The molecule has 0 amide bonds. The fourth-order valence-electron chi connectivity index (χ4n) is 3.94. The number of hydrogen-bond acceptors (Lipinski definition) is 4. The van der Waals surface area contributed by atoms with Crippen molar-refractivity contribution in [1.29, 1.82) is 0 Å². The molecule has 4 rings (SSSR count). The van der Waals surface area contributed by atoms with E-state index in [1.807, 2.05) is 18.2 Å². The Labute approximate surface area is 189 Å². The van der Waals surface area contributed by atoms with E-state index < -0.39 is 35.6 Å². The monoisotopic (exact) mass is 453 g/mol. The molecule has 1 heterocycles. The van der Waals surface area contributed by atoms with E-state index in [4.69, 9.17) is 9.47 Å². The second kappa shape index (κ2) is 9.90. The van der Waals surface area contributed by atoms with Crippen molar-refractivity contribution < 1.29 is 27.4 Å². The first-order valence-corrected chi connectivity index (χ1v) is 10.7. The number of allylic oxidation sites excluding steroid dienone is 2. The Morgan fingerprint density at radius 1 is 0.939 bits per heavy atom. The highest BCUT2D eigenvalue weighted by Crippen LogP contribution is 2.42. The zero-order valence-electron chi connectivity index (χ0n) is 18.0. The van der Waals surface area contributed by atoms with Gasteiger partial charge in [-0.1, -0.05) is 24.3 Å². The average Bonchev–Trinajstić information content (AvgIpc) is 3.32. The Morgan fingerprint density at radius 2 is 1.70 bits per heavy atom. The zero-order valence-corrected chi connectivity index (χ0v) is 18.0. The molecule has 3 aromatic rings. The highest BCUT2D eigenvalue weighted by Gasteiger charge is 2.23. The maximum absolute atomic E-state index is 14.1. The van der Waals surface area contributed by atoms with Gasteiger partial charge in [0.2, 0.25) is 0 Å². The third kappa shape index (κ3) is 4.77. The van der Waals surface area contributed by atoms with Gasteiger partial charge in [0.1, 0.15) is 23.9 Å². The minimum absolute atomic E-state index is 0.231. The first kappa shape index (κ1) is 22.6. The van der Waals surface area contributed by atoms with Crippen LogP contribution in [0.3, 0.4) is 0 Å². The number of esters is 1. The highest BCUT2D eigenvalue weighted by molar-refractivity contribution is 5.94. The van der Waals surface area contributed by atoms with E-state index >= 15 is 0 Å². The first-order chi connectivity index (χ1) is 16.0. The third-order valence-electron chi connectivity index (χ3n) is 5.48. The number of nitrogens with zero attached hydrogens (tertiary/aromatic N) is 1. The lowest BCUT2D eigenvalue weighted by Gasteiger charge is -2.15. The van der Waals surface area contributed by atoms with Gasteiger partial charge in [0.25, 0.3) is 0 Å². The highest BCUT2D eigenvalue weighted by atomic mass is 19.2. The second-order valence-corrected chi connectivity index (χ2v) is 7.55. The summed E-state index contributed by atoms with van der Waals surface area (Å²) in [4.78, 5) is 16.6. The van der Waals surface area contributed by atoms with Gasteiger partial charge in [0.05, 0.1) is 17.9 Å². The smallest absolute Gasteiger partial charge is 0.356 e. The number of carbonyl (C=O) groups is 1. The van der Waals surface area contributed by atoms with Crippen LogP contribution in [0.2, 0.25) is 0 Å². The number of rotatable bonds is 7. The van der Waals surface area contributed by atoms with E-state index in [-0.39, 0.29) is 12.3 Å². The van der Waals surface area contributed by atoms with Crippen molar-refractivity contribution in [2.24, 2.45) is 0 Å². The largest absolute Gasteiger partial charge is 0.488 e. The second-order valence-electron chi connectivity index (χ2n) is 7.55. The van der Waals surface area contributed by atoms with E-state index in [1.54, 1.807) is 31.2 Å². The minimum Gasteiger partial charge on any atom is -0.488 e. The summed E-state index contributed by atoms with van der Waals surface area (Å²) < 4.78 is 52.4. The van der Waals surface area contributed by atoms with Crippen LogP contribution in [0.5, 0.6) is 5.75 Å². The Hall–Kier alpha value is -3.61. The predicted octanol–water partition coefficient (Wildman–Crippen LogP) is 6.35. The van der Waals surface area contributed by atoms with Crippen LogP contribution in [0, 0.1) is 17.5 Å². The summed E-state index contributed by atoms with van der Waals surface area (Å²) in [6.45, 7) is 1.54. The summed E-state index contributed by atoms with van der Waals surface area (Å²) in [7, 11) is 0. The van der Waals surface area contributed by atoms with Crippen LogP contribution in [-0.4, -0.2) is 17.6 Å². The van der Waals surface area contributed by atoms with E-state index in [0.717, 1.165) is 48.1 Å². The lowest BCUT2D eigenvalue weighted by Crippen LogP contribution is -2.08. The molecule has 170 valence electrons. The molecule has 0 fully saturated rings. The zero-order chi connectivity index (χ0) is 23.4. The summed E-state index contributed by atoms with van der Waals surface area (Å²) in [6.07, 6.45) is 2.40. The van der Waals surface area contributed by atoms with Crippen molar-refractivity contribution in [2.45, 2.75) is 32.8 Å². The summed E-state index contributed by atoms with van der Waals surface area (Å²) in [5.74, 6) is -3.31. The molecule has 0 radical (unpaired) electrons. The lowest BCUT2D eigenvalue weighted by molar-refractivity contribution is 0.0519. The fourth-order valence-corrected chi connectivity index (χ4v) is 3.94. The van der Waals surface area contributed by atoms with Crippen LogP contribution in [0.15, 0.2) is 54.6 Å². The Kier molecular flexibility index (Phi) is 6.77. The molecule has 0 unspecified atom stereocenters. The van der Waals surface area contributed by atoms with Crippen LogP contribution in [0.4, 0.5) is 13.2 Å². The minimum atomic E-state index is -1.26. The van der Waals surface area contributed by atoms with Crippen molar-refractivity contribution >= 4 is 17.1 Å². The predicted molar refractivity (Wildman–Crippen MR) is 118 cm³/mol. The molecule has 4 nitrogen and oxygen atoms in total. The Bertz CT molecular complexity index is 1220. The normalized spacial score (nSPS) is 13.3. The fraction of sp³-hybridized carbons (Fsp3) is 0.231. The molecule has 0 bridgehead atoms. The maximum atomic E-state index is 14.1. The summed E-state index contributed by atoms with van der Waals surface area (Å²) in [5, 5.41) is 0. The van der Waals surface area contributed by atoms with Gasteiger partial charge in [-0.2, -0.15) is 0 Å². The number of carbonyl (C=O) groups excluding carboxylic acids is 1. The number of hydrogen-bond donors (Lipinski definition) is 0. The van der Waals surface area contributed by atoms with Crippen LogP contribution >= 0.6 is 0 Å². The van der Waals surface area contributed by atoms with Crippen molar-refractivity contribution in [2.75, 3.05) is 6.61 Å². The quantitative estimate of drug-likeness (QED) is 0.309. The van der Waals surface area contributed by atoms with Gasteiger partial charge >= 0.3 is 5.97 Å². The Balaban J connectivity index is 1.67. The van der Waals surface area contributed by atoms with Gasteiger partial charge in [-0.3, -0.25) is 0 Å². The molecule has 0 saturated carbocycles. The van der Waals surface area contributed by atoms with E-state index in [0.29, 0.717) is 11.4 Å². The molecule has 1 aliphatic rings. The van der Waals surface area contributed by atoms with Crippen LogP contribution in [-0.2, 0) is 11.3 Å². The molecular weight excluding hydrogens is 431 g/mol. The molecule has 33 heavy (non-hydrogen) atoms. The summed E-state index contributed by atoms with van der Waals surface area (Å²) >= 11 is 0. The van der Waals surface area contributed by atoms with Gasteiger partial charge < -0.3 is 9.47 Å². The van der Waals surface area contributed by atoms with Crippen LogP contribution < -0.4 is 4.74 Å². The molecule has 0 atom stereocenters. The first-order valence-electron chi connectivity index (χ1n) is 10.7. The summed E-state index contributed by atoms with van der Waals surface area (Å²) in [5.41, 5.74) is 3.17. The molecule has 1 aromatic heterocycles. The van der Waals surface area contributed by atoms with Crippen LogP contribution in [0.1, 0.15) is 53.5 Å². The van der Waals surface area contributed by atoms with Crippen molar-refractivity contribution in [1.82, 2.24) is 4.98 Å². The van der Waals surface area contributed by atoms with E-state index in [9.17, 15) is 18.0 Å². The number of halogens is 3. The van der Waals surface area contributed by atoms with E-state index in [2.05, 4.69) is 4.98 Å². The molecule has 1 aliphatic carbocycles. The maximum Gasteiger partial charge on any atom is 0.356 e. The number of aromatic nitrogens is 1. The van der Waals surface area contributed by atoms with Gasteiger partial charge in [-0.15, -0.1) is 0 Å². The third-order valence-corrected chi connectivity index (χ3v) is 5.48.